The molecule has 0 spiro atoms. The van der Waals surface area contributed by atoms with Crippen molar-refractivity contribution >= 4 is 13.3 Å². The molecule has 0 aromatic heterocycles. The predicted molar refractivity (Wildman–Crippen MR) is 87.7 cm³/mol. The standard InChI is InChI=1S/C18H22OSi/c1-19-15-9-7-8-14(12-15)17-13-18(17)20(2,3)16-10-5-4-6-11-16/h4-12,17-18H,13H2,1-3H3/t17-,18+/m1/s1. The second-order valence-corrected chi connectivity index (χ2v) is 11.1. The monoisotopic (exact) mass is 282 g/mol. The van der Waals surface area contributed by atoms with Crippen LogP contribution in [0.4, 0.5) is 0 Å². The van der Waals surface area contributed by atoms with E-state index in [0.29, 0.717) is 0 Å². The molecule has 1 saturated carbocycles. The van der Waals surface area contributed by atoms with Crippen LogP contribution in [0.3, 0.4) is 0 Å². The molecule has 2 heteroatoms. The highest BCUT2D eigenvalue weighted by Crippen LogP contribution is 2.58. The number of methoxy groups -OCH3 is 1. The van der Waals surface area contributed by atoms with Gasteiger partial charge in [-0.25, -0.2) is 0 Å². The van der Waals surface area contributed by atoms with Crippen LogP contribution < -0.4 is 9.92 Å². The third kappa shape index (κ3) is 2.40. The topological polar surface area (TPSA) is 9.23 Å². The molecule has 0 N–H and O–H groups in total. The molecule has 104 valence electrons. The number of benzene rings is 2. The van der Waals surface area contributed by atoms with E-state index in [1.807, 2.05) is 6.07 Å². The van der Waals surface area contributed by atoms with Crippen molar-refractivity contribution in [2.45, 2.75) is 31.0 Å². The minimum Gasteiger partial charge on any atom is -0.497 e. The van der Waals surface area contributed by atoms with Crippen molar-refractivity contribution in [2.75, 3.05) is 7.11 Å². The quantitative estimate of drug-likeness (QED) is 0.765. The smallest absolute Gasteiger partial charge is 0.119 e. The first-order chi connectivity index (χ1) is 9.63. The van der Waals surface area contributed by atoms with Crippen molar-refractivity contribution in [1.29, 1.82) is 0 Å². The van der Waals surface area contributed by atoms with Gasteiger partial charge >= 0.3 is 0 Å². The van der Waals surface area contributed by atoms with Gasteiger partial charge in [0.1, 0.15) is 5.75 Å². The molecule has 20 heavy (non-hydrogen) atoms. The molecular formula is C18H22OSi. The van der Waals surface area contributed by atoms with Gasteiger partial charge < -0.3 is 4.74 Å². The molecule has 0 bridgehead atoms. The summed E-state index contributed by atoms with van der Waals surface area (Å²) in [5.41, 5.74) is 2.31. The normalized spacial score (nSPS) is 21.6. The van der Waals surface area contributed by atoms with Crippen LogP contribution >= 0.6 is 0 Å². The molecule has 0 unspecified atom stereocenters. The third-order valence-corrected chi connectivity index (χ3v) is 9.07. The Kier molecular flexibility index (Phi) is 3.43. The molecule has 2 atom stereocenters. The van der Waals surface area contributed by atoms with Gasteiger partial charge in [0.15, 0.2) is 0 Å². The van der Waals surface area contributed by atoms with Crippen LogP contribution in [0, 0.1) is 0 Å². The van der Waals surface area contributed by atoms with E-state index in [4.69, 9.17) is 4.74 Å². The minimum atomic E-state index is -1.36. The Morgan fingerprint density at radius 2 is 1.75 bits per heavy atom. The summed E-state index contributed by atoms with van der Waals surface area (Å²) >= 11 is 0. The second-order valence-electron chi connectivity index (χ2n) is 6.31. The van der Waals surface area contributed by atoms with Crippen LogP contribution in [-0.4, -0.2) is 15.2 Å². The van der Waals surface area contributed by atoms with Crippen LogP contribution in [0.2, 0.25) is 18.6 Å². The summed E-state index contributed by atoms with van der Waals surface area (Å²) in [6.45, 7) is 5.01. The molecule has 0 aliphatic heterocycles. The Bertz CT molecular complexity index is 591. The number of hydrogen-bond acceptors (Lipinski definition) is 1. The first-order valence-corrected chi connectivity index (χ1v) is 10.4. The summed E-state index contributed by atoms with van der Waals surface area (Å²) in [7, 11) is 0.382. The maximum Gasteiger partial charge on any atom is 0.119 e. The van der Waals surface area contributed by atoms with E-state index in [2.05, 4.69) is 61.6 Å². The van der Waals surface area contributed by atoms with Crippen molar-refractivity contribution in [3.05, 3.63) is 60.2 Å². The summed E-state index contributed by atoms with van der Waals surface area (Å²) in [5, 5.41) is 1.58. The van der Waals surface area contributed by atoms with E-state index < -0.39 is 8.07 Å². The zero-order valence-electron chi connectivity index (χ0n) is 12.5. The summed E-state index contributed by atoms with van der Waals surface area (Å²) in [5.74, 6) is 1.71. The largest absolute Gasteiger partial charge is 0.497 e. The fourth-order valence-corrected chi connectivity index (χ4v) is 6.84. The summed E-state index contributed by atoms with van der Waals surface area (Å²) in [6, 6.07) is 19.7. The highest BCUT2D eigenvalue weighted by molar-refractivity contribution is 6.91. The highest BCUT2D eigenvalue weighted by atomic mass is 28.3. The molecule has 2 aromatic carbocycles. The summed E-state index contributed by atoms with van der Waals surface area (Å²) in [4.78, 5) is 0. The lowest BCUT2D eigenvalue weighted by Gasteiger charge is -2.23. The van der Waals surface area contributed by atoms with Crippen LogP contribution in [-0.2, 0) is 0 Å². The van der Waals surface area contributed by atoms with Crippen molar-refractivity contribution < 1.29 is 4.74 Å². The molecule has 0 radical (unpaired) electrons. The Morgan fingerprint density at radius 3 is 2.45 bits per heavy atom. The molecule has 1 fully saturated rings. The fourth-order valence-electron chi connectivity index (χ4n) is 3.31. The van der Waals surface area contributed by atoms with Crippen molar-refractivity contribution in [1.82, 2.24) is 0 Å². The molecule has 2 aromatic rings. The van der Waals surface area contributed by atoms with Crippen LogP contribution in [0.5, 0.6) is 5.75 Å². The van der Waals surface area contributed by atoms with Gasteiger partial charge in [0.25, 0.3) is 0 Å². The average Bonchev–Trinajstić information content (AvgIpc) is 3.29. The molecular weight excluding hydrogens is 260 g/mol. The van der Waals surface area contributed by atoms with E-state index in [-0.39, 0.29) is 0 Å². The second kappa shape index (κ2) is 5.10. The zero-order chi connectivity index (χ0) is 14.2. The molecule has 1 aliphatic rings. The Balaban J connectivity index is 1.81. The van der Waals surface area contributed by atoms with Gasteiger partial charge in [0.05, 0.1) is 15.2 Å². The first-order valence-electron chi connectivity index (χ1n) is 7.32. The van der Waals surface area contributed by atoms with Crippen molar-refractivity contribution in [2.24, 2.45) is 0 Å². The Morgan fingerprint density at radius 1 is 1.00 bits per heavy atom. The number of ether oxygens (including phenoxy) is 1. The maximum atomic E-state index is 5.35. The first kappa shape index (κ1) is 13.4. The zero-order valence-corrected chi connectivity index (χ0v) is 13.5. The van der Waals surface area contributed by atoms with Gasteiger partial charge in [-0.2, -0.15) is 0 Å². The van der Waals surface area contributed by atoms with E-state index in [0.717, 1.165) is 17.2 Å². The van der Waals surface area contributed by atoms with Gasteiger partial charge in [-0.05, 0) is 35.6 Å². The van der Waals surface area contributed by atoms with Crippen molar-refractivity contribution in [3.8, 4) is 5.75 Å². The molecule has 0 saturated heterocycles. The molecule has 1 aliphatic carbocycles. The van der Waals surface area contributed by atoms with Crippen molar-refractivity contribution in [3.63, 3.8) is 0 Å². The SMILES string of the molecule is COc1cccc([C@H]2C[C@@H]2[Si](C)(C)c2ccccc2)c1. The molecule has 0 heterocycles. The highest BCUT2D eigenvalue weighted by Gasteiger charge is 2.50. The lowest BCUT2D eigenvalue weighted by molar-refractivity contribution is 0.414. The average molecular weight is 282 g/mol. The molecule has 1 nitrogen and oxygen atoms in total. The maximum absolute atomic E-state index is 5.35. The minimum absolute atomic E-state index is 0.729. The van der Waals surface area contributed by atoms with E-state index in [1.54, 1.807) is 12.3 Å². The Labute approximate surface area is 122 Å². The number of rotatable bonds is 4. The molecule has 0 amide bonds. The summed E-state index contributed by atoms with van der Waals surface area (Å²) < 4.78 is 5.35. The van der Waals surface area contributed by atoms with Gasteiger partial charge in [-0.15, -0.1) is 0 Å². The number of hydrogen-bond donors (Lipinski definition) is 0. The fraction of sp³-hybridized carbons (Fsp3) is 0.333. The molecule has 3 rings (SSSR count). The van der Waals surface area contributed by atoms with Gasteiger partial charge in [0.2, 0.25) is 0 Å². The van der Waals surface area contributed by atoms with Gasteiger partial charge in [0, 0.05) is 0 Å². The van der Waals surface area contributed by atoms with Crippen LogP contribution in [0.1, 0.15) is 17.9 Å². The van der Waals surface area contributed by atoms with E-state index >= 15 is 0 Å². The van der Waals surface area contributed by atoms with Crippen LogP contribution in [0.25, 0.3) is 0 Å². The van der Waals surface area contributed by atoms with Crippen LogP contribution in [0.15, 0.2) is 54.6 Å². The predicted octanol–water partition coefficient (Wildman–Crippen LogP) is 4.17. The lowest BCUT2D eigenvalue weighted by Crippen LogP contribution is -2.42. The van der Waals surface area contributed by atoms with E-state index in [1.165, 1.54) is 12.0 Å². The van der Waals surface area contributed by atoms with E-state index in [9.17, 15) is 0 Å². The Hall–Kier alpha value is -1.54. The lowest BCUT2D eigenvalue weighted by atomic mass is 10.1. The van der Waals surface area contributed by atoms with Gasteiger partial charge in [-0.3, -0.25) is 0 Å². The van der Waals surface area contributed by atoms with Gasteiger partial charge in [-0.1, -0.05) is 60.7 Å². The third-order valence-electron chi connectivity index (χ3n) is 4.76. The summed E-state index contributed by atoms with van der Waals surface area (Å²) in [6.07, 6.45) is 1.33.